The Bertz CT molecular complexity index is 126. The van der Waals surface area contributed by atoms with E-state index in [1.165, 1.54) is 0 Å². The molecule has 9 heavy (non-hydrogen) atoms. The summed E-state index contributed by atoms with van der Waals surface area (Å²) in [7, 11) is 1.74. The van der Waals surface area contributed by atoms with Crippen LogP contribution in [0.4, 0.5) is 0 Å². The van der Waals surface area contributed by atoms with Crippen LogP contribution in [0.1, 0.15) is 6.42 Å². The molecule has 0 aromatic heterocycles. The van der Waals surface area contributed by atoms with Crippen molar-refractivity contribution in [1.29, 1.82) is 0 Å². The van der Waals surface area contributed by atoms with E-state index in [4.69, 9.17) is 5.11 Å². The van der Waals surface area contributed by atoms with Crippen LogP contribution in [0.25, 0.3) is 0 Å². The van der Waals surface area contributed by atoms with Gasteiger partial charge in [0, 0.05) is 13.5 Å². The zero-order chi connectivity index (χ0) is 6.85. The molecule has 1 atom stereocenters. The van der Waals surface area contributed by atoms with E-state index in [0.29, 0.717) is 6.42 Å². The molecular formula is C5H10N2O2. The van der Waals surface area contributed by atoms with Crippen LogP contribution in [-0.2, 0) is 4.79 Å². The number of carbonyl (C=O) groups is 1. The van der Waals surface area contributed by atoms with Gasteiger partial charge in [0.1, 0.15) is 0 Å². The topological polar surface area (TPSA) is 52.6 Å². The number of nitrogens with zero attached hydrogens (tertiary/aromatic N) is 1. The van der Waals surface area contributed by atoms with Crippen LogP contribution in [0.5, 0.6) is 0 Å². The van der Waals surface area contributed by atoms with Gasteiger partial charge in [-0.2, -0.15) is 0 Å². The Morgan fingerprint density at radius 3 is 2.89 bits per heavy atom. The third-order valence-electron chi connectivity index (χ3n) is 1.48. The van der Waals surface area contributed by atoms with Gasteiger partial charge in [-0.1, -0.05) is 0 Å². The molecule has 1 amide bonds. The Kier molecular flexibility index (Phi) is 1.68. The number of nitrogens with one attached hydrogen (secondary N) is 1. The second-order valence-corrected chi connectivity index (χ2v) is 2.19. The minimum absolute atomic E-state index is 0.0171. The summed E-state index contributed by atoms with van der Waals surface area (Å²) in [5.41, 5.74) is 2.55. The zero-order valence-corrected chi connectivity index (χ0v) is 5.29. The summed E-state index contributed by atoms with van der Waals surface area (Å²) in [6, 6.07) is -0.0301. The van der Waals surface area contributed by atoms with E-state index in [2.05, 4.69) is 5.43 Å². The average molecular weight is 130 g/mol. The lowest BCUT2D eigenvalue weighted by molar-refractivity contribution is -0.120. The SMILES string of the molecule is CN1NC(=O)CC1CO. The molecule has 0 spiro atoms. The van der Waals surface area contributed by atoms with Gasteiger partial charge in [0.15, 0.2) is 0 Å². The van der Waals surface area contributed by atoms with Gasteiger partial charge in [0.25, 0.3) is 0 Å². The van der Waals surface area contributed by atoms with Crippen LogP contribution < -0.4 is 5.43 Å². The second-order valence-electron chi connectivity index (χ2n) is 2.19. The number of hydrogen-bond donors (Lipinski definition) is 2. The fourth-order valence-corrected chi connectivity index (χ4v) is 0.872. The van der Waals surface area contributed by atoms with E-state index >= 15 is 0 Å². The highest BCUT2D eigenvalue weighted by molar-refractivity contribution is 5.77. The van der Waals surface area contributed by atoms with Crippen molar-refractivity contribution < 1.29 is 9.90 Å². The molecule has 2 N–H and O–H groups in total. The van der Waals surface area contributed by atoms with Crippen molar-refractivity contribution in [3.63, 3.8) is 0 Å². The molecule has 4 heteroatoms. The molecule has 0 aromatic rings. The average Bonchev–Trinajstić information content (AvgIpc) is 2.10. The molecule has 0 radical (unpaired) electrons. The highest BCUT2D eigenvalue weighted by Crippen LogP contribution is 2.04. The monoisotopic (exact) mass is 130 g/mol. The Labute approximate surface area is 53.4 Å². The third-order valence-corrected chi connectivity index (χ3v) is 1.48. The molecule has 1 aliphatic heterocycles. The summed E-state index contributed by atoms with van der Waals surface area (Å²) in [5, 5.41) is 10.2. The largest absolute Gasteiger partial charge is 0.395 e. The van der Waals surface area contributed by atoms with E-state index in [-0.39, 0.29) is 18.6 Å². The molecule has 1 unspecified atom stereocenters. The van der Waals surface area contributed by atoms with Crippen molar-refractivity contribution in [3.8, 4) is 0 Å². The molecule has 52 valence electrons. The van der Waals surface area contributed by atoms with E-state index in [1.807, 2.05) is 0 Å². The van der Waals surface area contributed by atoms with Crippen molar-refractivity contribution >= 4 is 5.91 Å². The smallest absolute Gasteiger partial charge is 0.236 e. The maximum atomic E-state index is 10.6. The summed E-state index contributed by atoms with van der Waals surface area (Å²) in [6.07, 6.45) is 0.410. The molecule has 0 saturated carbocycles. The zero-order valence-electron chi connectivity index (χ0n) is 5.29. The van der Waals surface area contributed by atoms with E-state index < -0.39 is 0 Å². The van der Waals surface area contributed by atoms with Crippen LogP contribution >= 0.6 is 0 Å². The standard InChI is InChI=1S/C5H10N2O2/c1-7-4(3-8)2-5(9)6-7/h4,8H,2-3H2,1H3,(H,6,9). The van der Waals surface area contributed by atoms with Crippen LogP contribution in [0.2, 0.25) is 0 Å². The quantitative estimate of drug-likeness (QED) is 0.464. The van der Waals surface area contributed by atoms with Crippen molar-refractivity contribution in [2.45, 2.75) is 12.5 Å². The fraction of sp³-hybridized carbons (Fsp3) is 0.800. The number of likely N-dealkylation sites (N-methyl/N-ethyl adjacent to an activating group) is 1. The maximum absolute atomic E-state index is 10.6. The minimum atomic E-state index is -0.0301. The van der Waals surface area contributed by atoms with Gasteiger partial charge in [0.2, 0.25) is 5.91 Å². The van der Waals surface area contributed by atoms with Gasteiger partial charge in [-0.15, -0.1) is 0 Å². The normalized spacial score (nSPS) is 28.7. The summed E-state index contributed by atoms with van der Waals surface area (Å²) in [5.74, 6) is -0.0171. The number of rotatable bonds is 1. The summed E-state index contributed by atoms with van der Waals surface area (Å²) < 4.78 is 0. The number of carbonyl (C=O) groups excluding carboxylic acids is 1. The third kappa shape index (κ3) is 1.20. The van der Waals surface area contributed by atoms with Gasteiger partial charge in [0.05, 0.1) is 12.6 Å². The first-order valence-corrected chi connectivity index (χ1v) is 2.87. The second kappa shape index (κ2) is 2.33. The van der Waals surface area contributed by atoms with Crippen molar-refractivity contribution in [2.75, 3.05) is 13.7 Å². The Morgan fingerprint density at radius 1 is 2.00 bits per heavy atom. The number of hydrogen-bond acceptors (Lipinski definition) is 3. The van der Waals surface area contributed by atoms with Crippen molar-refractivity contribution in [2.24, 2.45) is 0 Å². The molecule has 1 fully saturated rings. The highest BCUT2D eigenvalue weighted by Gasteiger charge is 2.25. The predicted octanol–water partition coefficient (Wildman–Crippen LogP) is -1.29. The summed E-state index contributed by atoms with van der Waals surface area (Å²) in [4.78, 5) is 10.6. The Hall–Kier alpha value is -0.610. The Balaban J connectivity index is 2.47. The van der Waals surface area contributed by atoms with Crippen molar-refractivity contribution in [3.05, 3.63) is 0 Å². The number of aliphatic hydroxyl groups is 1. The molecule has 1 heterocycles. The molecule has 0 aromatic carbocycles. The van der Waals surface area contributed by atoms with Crippen molar-refractivity contribution in [1.82, 2.24) is 10.4 Å². The van der Waals surface area contributed by atoms with E-state index in [9.17, 15) is 4.79 Å². The summed E-state index contributed by atoms with van der Waals surface area (Å²) in [6.45, 7) is 0.0369. The first-order valence-electron chi connectivity index (χ1n) is 2.87. The highest BCUT2D eigenvalue weighted by atomic mass is 16.3. The van der Waals surface area contributed by atoms with Crippen LogP contribution in [0.3, 0.4) is 0 Å². The minimum Gasteiger partial charge on any atom is -0.395 e. The van der Waals surface area contributed by atoms with E-state index in [0.717, 1.165) is 0 Å². The first kappa shape index (κ1) is 6.51. The van der Waals surface area contributed by atoms with Gasteiger partial charge in [-0.25, -0.2) is 5.01 Å². The Morgan fingerprint density at radius 2 is 2.67 bits per heavy atom. The predicted molar refractivity (Wildman–Crippen MR) is 31.4 cm³/mol. The molecule has 1 rings (SSSR count). The van der Waals surface area contributed by atoms with Gasteiger partial charge >= 0.3 is 0 Å². The molecule has 4 nitrogen and oxygen atoms in total. The maximum Gasteiger partial charge on any atom is 0.236 e. The van der Waals surface area contributed by atoms with Gasteiger partial charge in [-0.05, 0) is 0 Å². The first-order chi connectivity index (χ1) is 4.24. The molecule has 0 bridgehead atoms. The van der Waals surface area contributed by atoms with E-state index in [1.54, 1.807) is 12.1 Å². The molecule has 0 aliphatic carbocycles. The van der Waals surface area contributed by atoms with Crippen LogP contribution in [0, 0.1) is 0 Å². The number of amides is 1. The van der Waals surface area contributed by atoms with Crippen LogP contribution in [0.15, 0.2) is 0 Å². The lowest BCUT2D eigenvalue weighted by Crippen LogP contribution is -2.35. The lowest BCUT2D eigenvalue weighted by Gasteiger charge is -2.14. The van der Waals surface area contributed by atoms with Crippen LogP contribution in [-0.4, -0.2) is 35.7 Å². The number of aliphatic hydroxyl groups excluding tert-OH is 1. The molecule has 1 saturated heterocycles. The van der Waals surface area contributed by atoms with Gasteiger partial charge in [-0.3, -0.25) is 10.2 Å². The summed E-state index contributed by atoms with van der Waals surface area (Å²) >= 11 is 0. The molecular weight excluding hydrogens is 120 g/mol. The number of hydrazine groups is 1. The molecule has 1 aliphatic rings. The lowest BCUT2D eigenvalue weighted by atomic mass is 10.2. The fourth-order valence-electron chi connectivity index (χ4n) is 0.872. The van der Waals surface area contributed by atoms with Gasteiger partial charge < -0.3 is 5.11 Å².